The summed E-state index contributed by atoms with van der Waals surface area (Å²) >= 11 is 0. The van der Waals surface area contributed by atoms with Crippen LogP contribution >= 0.6 is 0 Å². The molecule has 2 N–H and O–H groups in total. The molecule has 3 rings (SSSR count). The summed E-state index contributed by atoms with van der Waals surface area (Å²) < 4.78 is 45.8. The van der Waals surface area contributed by atoms with E-state index in [0.717, 1.165) is 0 Å². The van der Waals surface area contributed by atoms with E-state index < -0.39 is 15.8 Å². The molecule has 0 spiro atoms. The number of halogens is 1. The predicted molar refractivity (Wildman–Crippen MR) is 90.7 cm³/mol. The van der Waals surface area contributed by atoms with Crippen LogP contribution in [0.25, 0.3) is 0 Å². The fourth-order valence-electron chi connectivity index (χ4n) is 2.29. The number of sulfonamides is 1. The summed E-state index contributed by atoms with van der Waals surface area (Å²) in [4.78, 5) is 4.08. The number of aryl methyl sites for hydroxylation is 2. The molecule has 0 aliphatic rings. The molecule has 7 nitrogen and oxygen atoms in total. The molecule has 0 atom stereocenters. The van der Waals surface area contributed by atoms with Crippen LogP contribution in [0.4, 0.5) is 21.6 Å². The molecule has 0 bridgehead atoms. The van der Waals surface area contributed by atoms with Gasteiger partial charge in [-0.1, -0.05) is 17.3 Å². The minimum Gasteiger partial charge on any atom is -0.360 e. The van der Waals surface area contributed by atoms with Crippen molar-refractivity contribution in [3.63, 3.8) is 0 Å². The number of rotatable bonds is 5. The maximum atomic E-state index is 13.6. The molecule has 0 fully saturated rings. The summed E-state index contributed by atoms with van der Waals surface area (Å²) in [5.74, 6) is 0.175. The van der Waals surface area contributed by atoms with Gasteiger partial charge < -0.3 is 9.84 Å². The van der Waals surface area contributed by atoms with E-state index in [-0.39, 0.29) is 27.7 Å². The van der Waals surface area contributed by atoms with E-state index in [2.05, 4.69) is 20.2 Å². The molecule has 0 radical (unpaired) electrons. The number of hydrogen-bond acceptors (Lipinski definition) is 6. The van der Waals surface area contributed by atoms with E-state index in [1.165, 1.54) is 31.3 Å². The second-order valence-electron chi connectivity index (χ2n) is 5.30. The summed E-state index contributed by atoms with van der Waals surface area (Å²) in [7, 11) is -3.84. The van der Waals surface area contributed by atoms with Crippen LogP contribution in [-0.4, -0.2) is 18.6 Å². The van der Waals surface area contributed by atoms with Crippen LogP contribution in [0.1, 0.15) is 11.5 Å². The average Bonchev–Trinajstić information content (AvgIpc) is 2.91. The number of nitrogens with one attached hydrogen (secondary N) is 2. The number of nitrogens with zero attached hydrogens (tertiary/aromatic N) is 2. The minimum absolute atomic E-state index is 0.000980. The fraction of sp³-hybridized carbons (Fsp3) is 0.125. The normalized spacial score (nSPS) is 11.3. The standard InChI is InChI=1S/C16H15FN4O3S/c1-10-16(11(2)24-20-10)25(22,23)21-12-7-8-15(18-9-12)19-14-6-4-3-5-13(14)17/h3-9,21H,1-2H3,(H,18,19). The minimum atomic E-state index is -3.84. The molecule has 1 aromatic carbocycles. The highest BCUT2D eigenvalue weighted by atomic mass is 32.2. The lowest BCUT2D eigenvalue weighted by Crippen LogP contribution is -2.14. The molecule has 0 aliphatic carbocycles. The summed E-state index contributed by atoms with van der Waals surface area (Å²) in [5, 5.41) is 6.46. The summed E-state index contributed by atoms with van der Waals surface area (Å²) in [5.41, 5.74) is 0.814. The summed E-state index contributed by atoms with van der Waals surface area (Å²) in [6.45, 7) is 3.07. The third-order valence-corrected chi connectivity index (χ3v) is 5.01. The Morgan fingerprint density at radius 1 is 1.12 bits per heavy atom. The van der Waals surface area contributed by atoms with Crippen LogP contribution in [0.15, 0.2) is 52.0 Å². The third kappa shape index (κ3) is 3.61. The van der Waals surface area contributed by atoms with Gasteiger partial charge in [0.1, 0.15) is 17.3 Å². The molecule has 0 unspecified atom stereocenters. The Hall–Kier alpha value is -2.94. The van der Waals surface area contributed by atoms with Gasteiger partial charge in [0, 0.05) is 0 Å². The summed E-state index contributed by atoms with van der Waals surface area (Å²) in [6, 6.07) is 9.24. The van der Waals surface area contributed by atoms with Crippen LogP contribution in [0, 0.1) is 19.7 Å². The highest BCUT2D eigenvalue weighted by Gasteiger charge is 2.24. The Morgan fingerprint density at radius 3 is 2.48 bits per heavy atom. The lowest BCUT2D eigenvalue weighted by molar-refractivity contribution is 0.390. The van der Waals surface area contributed by atoms with Crippen LogP contribution < -0.4 is 10.0 Å². The van der Waals surface area contributed by atoms with Gasteiger partial charge in [0.05, 0.1) is 17.6 Å². The molecule has 0 saturated carbocycles. The zero-order valence-corrected chi connectivity index (χ0v) is 14.3. The van der Waals surface area contributed by atoms with Crippen LogP contribution in [0.3, 0.4) is 0 Å². The monoisotopic (exact) mass is 362 g/mol. The molecule has 9 heteroatoms. The highest BCUT2D eigenvalue weighted by Crippen LogP contribution is 2.23. The maximum absolute atomic E-state index is 13.6. The van der Waals surface area contributed by atoms with E-state index in [4.69, 9.17) is 4.52 Å². The number of anilines is 3. The topological polar surface area (TPSA) is 97.1 Å². The molecule has 0 amide bonds. The van der Waals surface area contributed by atoms with Gasteiger partial charge in [0.25, 0.3) is 10.0 Å². The first-order valence-electron chi connectivity index (χ1n) is 7.30. The SMILES string of the molecule is Cc1noc(C)c1S(=O)(=O)Nc1ccc(Nc2ccccc2F)nc1. The highest BCUT2D eigenvalue weighted by molar-refractivity contribution is 7.92. The first-order valence-corrected chi connectivity index (χ1v) is 8.78. The van der Waals surface area contributed by atoms with Gasteiger partial charge in [0.15, 0.2) is 10.7 Å². The van der Waals surface area contributed by atoms with E-state index in [0.29, 0.717) is 5.82 Å². The lowest BCUT2D eigenvalue weighted by Gasteiger charge is -2.09. The van der Waals surface area contributed by atoms with E-state index in [1.54, 1.807) is 25.1 Å². The van der Waals surface area contributed by atoms with Gasteiger partial charge in [-0.2, -0.15) is 0 Å². The van der Waals surface area contributed by atoms with Crippen molar-refractivity contribution in [1.82, 2.24) is 10.1 Å². The van der Waals surface area contributed by atoms with Crippen molar-refractivity contribution in [2.24, 2.45) is 0 Å². The van der Waals surface area contributed by atoms with Gasteiger partial charge in [-0.3, -0.25) is 4.72 Å². The van der Waals surface area contributed by atoms with Crippen LogP contribution in [-0.2, 0) is 10.0 Å². The van der Waals surface area contributed by atoms with Gasteiger partial charge in [-0.05, 0) is 38.1 Å². The fourth-order valence-corrected chi connectivity index (χ4v) is 3.67. The number of aromatic nitrogens is 2. The molecule has 0 aliphatic heterocycles. The van der Waals surface area contributed by atoms with Crippen molar-refractivity contribution in [3.05, 3.63) is 59.9 Å². The van der Waals surface area contributed by atoms with Gasteiger partial charge in [0.2, 0.25) is 0 Å². The Kier molecular flexibility index (Phi) is 4.41. The zero-order chi connectivity index (χ0) is 18.0. The molecule has 3 aromatic rings. The summed E-state index contributed by atoms with van der Waals surface area (Å²) in [6.07, 6.45) is 1.33. The van der Waals surface area contributed by atoms with Gasteiger partial charge in [-0.25, -0.2) is 17.8 Å². The largest absolute Gasteiger partial charge is 0.360 e. The van der Waals surface area contributed by atoms with Crippen LogP contribution in [0.5, 0.6) is 0 Å². The molecule has 25 heavy (non-hydrogen) atoms. The van der Waals surface area contributed by atoms with Crippen molar-refractivity contribution in [2.45, 2.75) is 18.7 Å². The first kappa shape index (κ1) is 16.9. The van der Waals surface area contributed by atoms with Crippen molar-refractivity contribution in [2.75, 3.05) is 10.0 Å². The number of benzene rings is 1. The third-order valence-electron chi connectivity index (χ3n) is 3.39. The number of para-hydroxylation sites is 1. The zero-order valence-electron chi connectivity index (χ0n) is 13.4. The smallest absolute Gasteiger partial charge is 0.267 e. The Labute approximate surface area is 143 Å². The Morgan fingerprint density at radius 2 is 1.88 bits per heavy atom. The molecule has 0 saturated heterocycles. The molecular formula is C16H15FN4O3S. The van der Waals surface area contributed by atoms with E-state index in [9.17, 15) is 12.8 Å². The quantitative estimate of drug-likeness (QED) is 0.722. The molecular weight excluding hydrogens is 347 g/mol. The molecule has 130 valence electrons. The van der Waals surface area contributed by atoms with Crippen molar-refractivity contribution >= 4 is 27.2 Å². The van der Waals surface area contributed by atoms with Crippen molar-refractivity contribution < 1.29 is 17.3 Å². The van der Waals surface area contributed by atoms with Crippen molar-refractivity contribution in [3.8, 4) is 0 Å². The van der Waals surface area contributed by atoms with Gasteiger partial charge >= 0.3 is 0 Å². The van der Waals surface area contributed by atoms with E-state index in [1.807, 2.05) is 0 Å². The average molecular weight is 362 g/mol. The Balaban J connectivity index is 1.78. The maximum Gasteiger partial charge on any atom is 0.267 e. The second kappa shape index (κ2) is 6.52. The van der Waals surface area contributed by atoms with Crippen molar-refractivity contribution in [1.29, 1.82) is 0 Å². The number of hydrogen-bond donors (Lipinski definition) is 2. The lowest BCUT2D eigenvalue weighted by atomic mass is 10.3. The first-order chi connectivity index (χ1) is 11.9. The van der Waals surface area contributed by atoms with Gasteiger partial charge in [-0.15, -0.1) is 0 Å². The van der Waals surface area contributed by atoms with E-state index >= 15 is 0 Å². The Bertz CT molecular complexity index is 981. The number of pyridine rings is 1. The predicted octanol–water partition coefficient (Wildman–Crippen LogP) is 3.37. The van der Waals surface area contributed by atoms with Crippen LogP contribution in [0.2, 0.25) is 0 Å². The molecule has 2 heterocycles. The second-order valence-corrected chi connectivity index (χ2v) is 6.92. The molecule has 2 aromatic heterocycles.